The van der Waals surface area contributed by atoms with Crippen LogP contribution in [0.25, 0.3) is 0 Å². The van der Waals surface area contributed by atoms with Crippen molar-refractivity contribution in [1.29, 1.82) is 0 Å². The van der Waals surface area contributed by atoms with Gasteiger partial charge in [-0.2, -0.15) is 25.5 Å². The van der Waals surface area contributed by atoms with Crippen LogP contribution in [0.2, 0.25) is 0 Å². The summed E-state index contributed by atoms with van der Waals surface area (Å²) in [4.78, 5) is 53.6. The van der Waals surface area contributed by atoms with E-state index in [-0.39, 0.29) is 40.2 Å². The Balaban J connectivity index is 0.000000207. The molecule has 0 radical (unpaired) electrons. The molecular weight excluding hydrogens is 1680 g/mol. The summed E-state index contributed by atoms with van der Waals surface area (Å²) in [5.74, 6) is 4.57. The predicted molar refractivity (Wildman–Crippen MR) is 545 cm³/mol. The van der Waals surface area contributed by atoms with Gasteiger partial charge in [-0.1, -0.05) is 147 Å². The topological polar surface area (TPSA) is 253 Å². The minimum absolute atomic E-state index is 0.00168. The number of para-hydroxylation sites is 1. The Morgan fingerprint density at radius 1 is 0.493 bits per heavy atom. The SMILES string of the molecule is C=C(C1CCC(c2[nH]ncc2CN(C)CCCC)CC1)N(C)CCOc1ccccc1.CCCCN(C)Cc1cn[nH]c1C1CCC(C)(C)[C@@H](C(=O)OC)C1.CCCCN(C)Cc1cn[nH]c1C1CCC(C)(C)[C@H](C(=O)OC)C1.CCCCN(C)Cc1cn[nH]c1C1CCC(N(CCOC)C(=O)CCC(C)C)CC1.CCCCN(C)Cc1cnn(C)c1C1CCC2(CC1)CC(C)(C)CO2. The zero-order valence-corrected chi connectivity index (χ0v) is 88.4. The van der Waals surface area contributed by atoms with Gasteiger partial charge in [-0.15, -0.1) is 0 Å². The van der Waals surface area contributed by atoms with Crippen molar-refractivity contribution in [1.82, 2.24) is 84.9 Å². The summed E-state index contributed by atoms with van der Waals surface area (Å²) in [5, 5.41) is 35.0. The Morgan fingerprint density at radius 2 is 0.888 bits per heavy atom. The van der Waals surface area contributed by atoms with Gasteiger partial charge in [0.1, 0.15) is 12.4 Å². The van der Waals surface area contributed by atoms with Crippen LogP contribution in [0.15, 0.2) is 73.6 Å². The molecule has 1 aromatic carbocycles. The summed E-state index contributed by atoms with van der Waals surface area (Å²) < 4.78 is 29.7. The van der Waals surface area contributed by atoms with Crippen LogP contribution in [-0.2, 0) is 73.1 Å². The van der Waals surface area contributed by atoms with E-state index in [9.17, 15) is 14.4 Å². The molecule has 6 fully saturated rings. The lowest BCUT2D eigenvalue weighted by Gasteiger charge is -2.40. The first-order valence-electron chi connectivity index (χ1n) is 52.3. The van der Waals surface area contributed by atoms with Crippen LogP contribution >= 0.6 is 0 Å². The summed E-state index contributed by atoms with van der Waals surface area (Å²) in [6.07, 6.45) is 45.1. The molecule has 4 N–H and O–H groups in total. The van der Waals surface area contributed by atoms with Gasteiger partial charge in [0.05, 0.1) is 82.4 Å². The largest absolute Gasteiger partial charge is 0.492 e. The zero-order chi connectivity index (χ0) is 97.6. The number of allylic oxidation sites excluding steroid dienone is 1. The third-order valence-corrected chi connectivity index (χ3v) is 30.5. The molecule has 5 aliphatic carbocycles. The molecular formula is C109H187N17O8. The molecule has 12 rings (SSSR count). The van der Waals surface area contributed by atoms with Crippen molar-refractivity contribution in [3.63, 3.8) is 0 Å². The normalized spacial score (nSPS) is 21.4. The minimum Gasteiger partial charge on any atom is -0.492 e. The molecule has 2 unspecified atom stereocenters. The number of hydrogen-bond acceptors (Lipinski definition) is 19. The van der Waals surface area contributed by atoms with Crippen LogP contribution in [0.3, 0.4) is 0 Å². The maximum atomic E-state index is 12.9. The maximum Gasteiger partial charge on any atom is 0.309 e. The average molecular weight is 1860 g/mol. The van der Waals surface area contributed by atoms with Gasteiger partial charge < -0.3 is 58.0 Å². The van der Waals surface area contributed by atoms with E-state index in [1.807, 2.05) is 55.1 Å². The van der Waals surface area contributed by atoms with Crippen molar-refractivity contribution in [2.45, 2.75) is 363 Å². The highest BCUT2D eigenvalue weighted by Crippen LogP contribution is 2.52. The fraction of sp³-hybridized carbons (Fsp3) is 0.761. The van der Waals surface area contributed by atoms with Gasteiger partial charge >= 0.3 is 11.9 Å². The molecule has 6 aliphatic rings. The van der Waals surface area contributed by atoms with E-state index in [1.165, 1.54) is 205 Å². The van der Waals surface area contributed by atoms with Gasteiger partial charge in [0.25, 0.3) is 0 Å². The predicted octanol–water partition coefficient (Wildman–Crippen LogP) is 22.0. The molecule has 1 aliphatic heterocycles. The molecule has 756 valence electrons. The third kappa shape index (κ3) is 35.0. The van der Waals surface area contributed by atoms with Crippen LogP contribution in [0.5, 0.6) is 5.75 Å². The number of aryl methyl sites for hydroxylation is 1. The molecule has 25 nitrogen and oxygen atoms in total. The minimum atomic E-state index is -0.0779. The lowest BCUT2D eigenvalue weighted by Crippen LogP contribution is -2.44. The number of hydrogen-bond donors (Lipinski definition) is 4. The highest BCUT2D eigenvalue weighted by atomic mass is 16.5. The number of methoxy groups -OCH3 is 3. The van der Waals surface area contributed by atoms with E-state index in [4.69, 9.17) is 23.7 Å². The van der Waals surface area contributed by atoms with E-state index >= 15 is 0 Å². The van der Waals surface area contributed by atoms with Crippen molar-refractivity contribution >= 4 is 17.8 Å². The lowest BCUT2D eigenvalue weighted by atomic mass is 9.64. The molecule has 1 saturated heterocycles. The summed E-state index contributed by atoms with van der Waals surface area (Å²) in [5.41, 5.74) is 15.0. The number of unbranched alkanes of at least 4 members (excludes halogenated alkanes) is 5. The molecule has 5 aromatic heterocycles. The van der Waals surface area contributed by atoms with Crippen molar-refractivity contribution in [2.75, 3.05) is 129 Å². The fourth-order valence-corrected chi connectivity index (χ4v) is 21.8. The first-order chi connectivity index (χ1) is 64.1. The van der Waals surface area contributed by atoms with Gasteiger partial charge in [-0.3, -0.25) is 39.5 Å². The van der Waals surface area contributed by atoms with Gasteiger partial charge in [-0.25, -0.2) is 0 Å². The molecule has 1 spiro atoms. The standard InChI is InChI=1S/C26H40N4O.C24H44N4O2.C21H37N3O.2C19H33N3O2/c1-5-6-16-29(3)20-24-19-27-28-26(24)23-14-12-22(13-15-23)21(2)30(4)17-18-31-25-10-8-7-9-11-25;1-6-7-14-27(4)18-21-17-25-26-24(21)20-9-11-22(12-10-20)28(15-16-30-5)23(29)13-8-19(2)3;1-6-7-12-23(4)14-18-13-22-24(5)19(18)17-8-10-21(11-9-17)15-20(2,3)16-25-21;2*1-6-7-10-22(4)13-15-12-20-21-17(15)14-8-9-19(2,3)16(11-14)18(23)24-5/h7-11,19,22-23H,2,5-6,12-18,20H2,1,3-4H3,(H,27,28);17,19-20,22H,6-16,18H2,1-5H3,(H,25,26);13,17H,6-12,14-16H2,1-5H3;2*12,14,16H,6-11,13H2,1-5H3,(H,20,21)/t;;;2*14?,16-/m...10/s1. The molecule has 6 heterocycles. The highest BCUT2D eigenvalue weighted by molar-refractivity contribution is 5.76. The highest BCUT2D eigenvalue weighted by Gasteiger charge is 2.48. The summed E-state index contributed by atoms with van der Waals surface area (Å²) in [6.45, 7) is 47.6. The van der Waals surface area contributed by atoms with E-state index in [1.54, 1.807) is 7.11 Å². The number of likely N-dealkylation sites (N-methyl/N-ethyl adjacent to an activating group) is 1. The number of carbonyl (C=O) groups is 3. The maximum absolute atomic E-state index is 12.9. The van der Waals surface area contributed by atoms with Crippen LogP contribution in [0, 0.1) is 39.9 Å². The number of carbonyl (C=O) groups excluding carboxylic acids is 3. The number of benzene rings is 1. The number of aromatic amines is 4. The lowest BCUT2D eigenvalue weighted by molar-refractivity contribution is -0.152. The fourth-order valence-electron chi connectivity index (χ4n) is 21.8. The van der Waals surface area contributed by atoms with E-state index in [2.05, 4.69) is 237 Å². The number of nitrogens with one attached hydrogen (secondary N) is 4. The number of amides is 1. The number of ether oxygens (including phenoxy) is 5. The monoisotopic (exact) mass is 1860 g/mol. The average Bonchev–Trinajstić information content (AvgIpc) is 1.61. The molecule has 1 amide bonds. The number of H-pyrrole nitrogens is 4. The third-order valence-electron chi connectivity index (χ3n) is 30.5. The number of aromatic nitrogens is 10. The van der Waals surface area contributed by atoms with Crippen molar-refractivity contribution < 1.29 is 38.1 Å². The Bertz CT molecular complexity index is 4170. The van der Waals surface area contributed by atoms with Gasteiger partial charge in [0.15, 0.2) is 0 Å². The van der Waals surface area contributed by atoms with Crippen LogP contribution in [0.1, 0.15) is 375 Å². The second-order valence-corrected chi connectivity index (χ2v) is 43.7. The summed E-state index contributed by atoms with van der Waals surface area (Å²) in [6, 6.07) is 10.4. The quantitative estimate of drug-likeness (QED) is 0.0259. The zero-order valence-electron chi connectivity index (χ0n) is 88.4. The molecule has 4 atom stereocenters. The Morgan fingerprint density at radius 3 is 1.27 bits per heavy atom. The van der Waals surface area contributed by atoms with Crippen LogP contribution in [0.4, 0.5) is 0 Å². The molecule has 134 heavy (non-hydrogen) atoms. The first-order valence-corrected chi connectivity index (χ1v) is 52.3. The molecule has 25 heteroatoms. The van der Waals surface area contributed by atoms with Gasteiger partial charge in [0, 0.05) is 165 Å². The summed E-state index contributed by atoms with van der Waals surface area (Å²) in [7, 11) is 19.9. The Kier molecular flexibility index (Phi) is 47.4. The Labute approximate surface area is 811 Å². The van der Waals surface area contributed by atoms with Gasteiger partial charge in [-0.05, 0) is 269 Å². The van der Waals surface area contributed by atoms with Crippen molar-refractivity contribution in [3.8, 4) is 5.75 Å². The van der Waals surface area contributed by atoms with E-state index in [0.29, 0.717) is 85.0 Å². The number of nitrogens with zero attached hydrogens (tertiary/aromatic N) is 13. The number of esters is 2. The molecule has 0 bridgehead atoms. The Hall–Kier alpha value is -7.26. The van der Waals surface area contributed by atoms with Crippen molar-refractivity contribution in [3.05, 3.63) is 130 Å². The molecule has 6 aromatic rings. The van der Waals surface area contributed by atoms with Crippen LogP contribution in [-0.4, -0.2) is 244 Å². The van der Waals surface area contributed by atoms with Crippen LogP contribution < -0.4 is 4.74 Å². The second-order valence-electron chi connectivity index (χ2n) is 43.7. The smallest absolute Gasteiger partial charge is 0.309 e. The van der Waals surface area contributed by atoms with E-state index < -0.39 is 0 Å². The molecule has 5 saturated carbocycles. The number of rotatable bonds is 45. The van der Waals surface area contributed by atoms with Gasteiger partial charge in [0.2, 0.25) is 5.91 Å². The summed E-state index contributed by atoms with van der Waals surface area (Å²) >= 11 is 0. The first kappa shape index (κ1) is 112. The van der Waals surface area contributed by atoms with E-state index in [0.717, 1.165) is 148 Å². The van der Waals surface area contributed by atoms with Crippen molar-refractivity contribution in [2.24, 2.45) is 47.0 Å². The second kappa shape index (κ2) is 56.7.